The van der Waals surface area contributed by atoms with Crippen LogP contribution in [0.4, 0.5) is 0 Å². The van der Waals surface area contributed by atoms with Crippen LogP contribution < -0.4 is 5.14 Å². The molecule has 0 heterocycles. The maximum atomic E-state index is 11.6. The lowest BCUT2D eigenvalue weighted by atomic mass is 10.0. The minimum Gasteiger partial charge on any atom is -0.465 e. The predicted molar refractivity (Wildman–Crippen MR) is 62.8 cm³/mol. The van der Waals surface area contributed by atoms with E-state index in [-0.39, 0.29) is 17.1 Å². The molecule has 0 spiro atoms. The van der Waals surface area contributed by atoms with Gasteiger partial charge in [-0.05, 0) is 13.0 Å². The van der Waals surface area contributed by atoms with Gasteiger partial charge < -0.3 is 4.74 Å². The standard InChI is InChI=1S/C11H12N2O4S/c1-2-17-11(14)9(7-12)8-5-3-4-6-10(8)18(13,15)16/h3-6,9H,2H2,1H3,(H2,13,15,16). The molecule has 6 nitrogen and oxygen atoms in total. The molecule has 96 valence electrons. The van der Waals surface area contributed by atoms with E-state index in [1.807, 2.05) is 0 Å². The molecule has 1 rings (SSSR count). The zero-order valence-electron chi connectivity index (χ0n) is 9.66. The van der Waals surface area contributed by atoms with Gasteiger partial charge in [-0.2, -0.15) is 5.26 Å². The number of hydrogen-bond acceptors (Lipinski definition) is 5. The van der Waals surface area contributed by atoms with Crippen LogP contribution in [0.2, 0.25) is 0 Å². The Morgan fingerprint density at radius 2 is 2.11 bits per heavy atom. The lowest BCUT2D eigenvalue weighted by molar-refractivity contribution is -0.143. The first kappa shape index (κ1) is 14.2. The fourth-order valence-electron chi connectivity index (χ4n) is 1.45. The number of rotatable bonds is 4. The molecule has 1 unspecified atom stereocenters. The van der Waals surface area contributed by atoms with Crippen molar-refractivity contribution in [2.75, 3.05) is 6.61 Å². The van der Waals surface area contributed by atoms with Crippen molar-refractivity contribution in [1.29, 1.82) is 5.26 Å². The van der Waals surface area contributed by atoms with Gasteiger partial charge in [0.15, 0.2) is 5.92 Å². The molecule has 1 atom stereocenters. The van der Waals surface area contributed by atoms with Crippen molar-refractivity contribution in [3.63, 3.8) is 0 Å². The third kappa shape index (κ3) is 3.06. The van der Waals surface area contributed by atoms with Crippen LogP contribution in [0.1, 0.15) is 18.4 Å². The van der Waals surface area contributed by atoms with Crippen LogP contribution in [0, 0.1) is 11.3 Å². The molecule has 0 aromatic heterocycles. The van der Waals surface area contributed by atoms with E-state index in [0.717, 1.165) is 0 Å². The number of ether oxygens (including phenoxy) is 1. The van der Waals surface area contributed by atoms with Crippen LogP contribution in [0.15, 0.2) is 29.2 Å². The number of hydrogen-bond donors (Lipinski definition) is 1. The number of primary sulfonamides is 1. The second kappa shape index (κ2) is 5.62. The fourth-order valence-corrected chi connectivity index (χ4v) is 2.24. The SMILES string of the molecule is CCOC(=O)C(C#N)c1ccccc1S(N)(=O)=O. The van der Waals surface area contributed by atoms with Gasteiger partial charge in [-0.25, -0.2) is 13.6 Å². The second-order valence-electron chi connectivity index (χ2n) is 3.40. The summed E-state index contributed by atoms with van der Waals surface area (Å²) in [7, 11) is -4.00. The van der Waals surface area contributed by atoms with Crippen LogP contribution >= 0.6 is 0 Å². The Labute approximate surface area is 105 Å². The Morgan fingerprint density at radius 1 is 1.50 bits per heavy atom. The molecule has 0 aliphatic rings. The second-order valence-corrected chi connectivity index (χ2v) is 4.93. The van der Waals surface area contributed by atoms with Gasteiger partial charge in [-0.3, -0.25) is 4.79 Å². The maximum Gasteiger partial charge on any atom is 0.327 e. The van der Waals surface area contributed by atoms with Crippen LogP contribution in [0.5, 0.6) is 0 Å². The van der Waals surface area contributed by atoms with E-state index in [4.69, 9.17) is 15.1 Å². The first-order valence-electron chi connectivity index (χ1n) is 5.09. The number of benzene rings is 1. The van der Waals surface area contributed by atoms with Crippen molar-refractivity contribution in [3.05, 3.63) is 29.8 Å². The van der Waals surface area contributed by atoms with Crippen molar-refractivity contribution < 1.29 is 17.9 Å². The molecule has 0 bridgehead atoms. The van der Waals surface area contributed by atoms with E-state index >= 15 is 0 Å². The van der Waals surface area contributed by atoms with Crippen LogP contribution in [-0.4, -0.2) is 21.0 Å². The van der Waals surface area contributed by atoms with Gasteiger partial charge in [-0.1, -0.05) is 18.2 Å². The Morgan fingerprint density at radius 3 is 2.61 bits per heavy atom. The lowest BCUT2D eigenvalue weighted by Gasteiger charge is -2.11. The van der Waals surface area contributed by atoms with Gasteiger partial charge in [0.05, 0.1) is 17.6 Å². The molecule has 0 saturated carbocycles. The molecule has 7 heteroatoms. The van der Waals surface area contributed by atoms with E-state index in [2.05, 4.69) is 0 Å². The van der Waals surface area contributed by atoms with E-state index < -0.39 is 21.9 Å². The van der Waals surface area contributed by atoms with E-state index in [0.29, 0.717) is 0 Å². The first-order chi connectivity index (χ1) is 8.41. The highest BCUT2D eigenvalue weighted by atomic mass is 32.2. The molecule has 0 radical (unpaired) electrons. The minimum atomic E-state index is -4.00. The van der Waals surface area contributed by atoms with Crippen LogP contribution in [0.25, 0.3) is 0 Å². The summed E-state index contributed by atoms with van der Waals surface area (Å²) in [6, 6.07) is 7.31. The monoisotopic (exact) mass is 268 g/mol. The van der Waals surface area contributed by atoms with Gasteiger partial charge in [0.1, 0.15) is 0 Å². The third-order valence-corrected chi connectivity index (χ3v) is 3.17. The molecule has 0 amide bonds. The number of sulfonamides is 1. The zero-order chi connectivity index (χ0) is 13.8. The van der Waals surface area contributed by atoms with Crippen LogP contribution in [0.3, 0.4) is 0 Å². The highest BCUT2D eigenvalue weighted by Gasteiger charge is 2.27. The highest BCUT2D eigenvalue weighted by molar-refractivity contribution is 7.89. The maximum absolute atomic E-state index is 11.6. The Bertz CT molecular complexity index is 589. The van der Waals surface area contributed by atoms with Gasteiger partial charge in [0.25, 0.3) is 0 Å². The highest BCUT2D eigenvalue weighted by Crippen LogP contribution is 2.24. The van der Waals surface area contributed by atoms with Gasteiger partial charge in [0.2, 0.25) is 10.0 Å². The number of nitrogens with two attached hydrogens (primary N) is 1. The van der Waals surface area contributed by atoms with Crippen molar-refractivity contribution in [1.82, 2.24) is 0 Å². The summed E-state index contributed by atoms with van der Waals surface area (Å²) < 4.78 is 27.5. The Balaban J connectivity index is 3.32. The molecule has 0 aliphatic heterocycles. The lowest BCUT2D eigenvalue weighted by Crippen LogP contribution is -2.20. The van der Waals surface area contributed by atoms with E-state index in [1.165, 1.54) is 24.3 Å². The zero-order valence-corrected chi connectivity index (χ0v) is 10.5. The number of carbonyl (C=O) groups excluding carboxylic acids is 1. The van der Waals surface area contributed by atoms with Gasteiger partial charge in [-0.15, -0.1) is 0 Å². The summed E-state index contributed by atoms with van der Waals surface area (Å²) in [5.74, 6) is -2.10. The normalized spacial score (nSPS) is 12.5. The summed E-state index contributed by atoms with van der Waals surface area (Å²) in [5.41, 5.74) is 0.0287. The largest absolute Gasteiger partial charge is 0.465 e. The topological polar surface area (TPSA) is 110 Å². The van der Waals surface area contributed by atoms with Gasteiger partial charge in [0, 0.05) is 5.56 Å². The van der Waals surface area contributed by atoms with Crippen molar-refractivity contribution in [3.8, 4) is 6.07 Å². The summed E-state index contributed by atoms with van der Waals surface area (Å²) in [6.07, 6.45) is 0. The van der Waals surface area contributed by atoms with Crippen molar-refractivity contribution >= 4 is 16.0 Å². The number of esters is 1. The third-order valence-electron chi connectivity index (χ3n) is 2.19. The van der Waals surface area contributed by atoms with Crippen molar-refractivity contribution in [2.24, 2.45) is 5.14 Å². The first-order valence-corrected chi connectivity index (χ1v) is 6.64. The van der Waals surface area contributed by atoms with E-state index in [1.54, 1.807) is 13.0 Å². The summed E-state index contributed by atoms with van der Waals surface area (Å²) >= 11 is 0. The molecule has 1 aromatic rings. The summed E-state index contributed by atoms with van der Waals surface area (Å²) in [5, 5.41) is 14.0. The Kier molecular flexibility index (Phi) is 4.42. The van der Waals surface area contributed by atoms with Gasteiger partial charge >= 0.3 is 5.97 Å². The average molecular weight is 268 g/mol. The van der Waals surface area contributed by atoms with Crippen molar-refractivity contribution in [2.45, 2.75) is 17.7 Å². The number of nitrogens with zero attached hydrogens (tertiary/aromatic N) is 1. The average Bonchev–Trinajstić information content (AvgIpc) is 2.29. The molecular formula is C11H12N2O4S. The number of nitriles is 1. The Hall–Kier alpha value is -1.91. The molecular weight excluding hydrogens is 256 g/mol. The minimum absolute atomic E-state index is 0.0287. The number of carbonyl (C=O) groups is 1. The summed E-state index contributed by atoms with van der Waals surface area (Å²) in [4.78, 5) is 11.3. The molecule has 0 saturated heterocycles. The molecule has 2 N–H and O–H groups in total. The molecule has 18 heavy (non-hydrogen) atoms. The molecule has 1 aromatic carbocycles. The summed E-state index contributed by atoms with van der Waals surface area (Å²) in [6.45, 7) is 1.70. The molecule has 0 fully saturated rings. The predicted octanol–water partition coefficient (Wildman–Crippen LogP) is 0.504. The smallest absolute Gasteiger partial charge is 0.327 e. The molecule has 0 aliphatic carbocycles. The quantitative estimate of drug-likeness (QED) is 0.799. The van der Waals surface area contributed by atoms with E-state index in [9.17, 15) is 13.2 Å². The fraction of sp³-hybridized carbons (Fsp3) is 0.273. The van der Waals surface area contributed by atoms with Crippen LogP contribution in [-0.2, 0) is 19.6 Å².